The van der Waals surface area contributed by atoms with Crippen LogP contribution in [0.25, 0.3) is 11.1 Å². The lowest BCUT2D eigenvalue weighted by molar-refractivity contribution is 0.355. The van der Waals surface area contributed by atoms with Crippen LogP contribution in [0.15, 0.2) is 77.7 Å². The molecule has 3 aromatic rings. The highest BCUT2D eigenvalue weighted by Gasteiger charge is 2.33. The van der Waals surface area contributed by atoms with Crippen LogP contribution < -0.4 is 0 Å². The third kappa shape index (κ3) is 3.02. The van der Waals surface area contributed by atoms with Crippen LogP contribution in [0.1, 0.15) is 43.4 Å². The summed E-state index contributed by atoms with van der Waals surface area (Å²) in [4.78, 5) is 1.43. The Morgan fingerprint density at radius 3 is 2.20 bits per heavy atom. The Morgan fingerprint density at radius 1 is 0.760 bits per heavy atom. The molecule has 126 valence electrons. The van der Waals surface area contributed by atoms with Crippen LogP contribution in [-0.4, -0.2) is 0 Å². The molecule has 3 aromatic carbocycles. The van der Waals surface area contributed by atoms with Crippen LogP contribution in [0.5, 0.6) is 0 Å². The molecule has 0 spiro atoms. The fraction of sp³-hybridized carbons (Fsp3) is 0.250. The van der Waals surface area contributed by atoms with Gasteiger partial charge < -0.3 is 0 Å². The lowest BCUT2D eigenvalue weighted by atomic mass is 9.71. The molecule has 0 fully saturated rings. The molecule has 4 rings (SSSR count). The van der Waals surface area contributed by atoms with Crippen LogP contribution in [0.4, 0.5) is 0 Å². The minimum Gasteiger partial charge on any atom is -0.121 e. The van der Waals surface area contributed by atoms with Gasteiger partial charge in [-0.3, -0.25) is 0 Å². The zero-order valence-corrected chi connectivity index (χ0v) is 15.9. The second-order valence-corrected chi connectivity index (χ2v) is 8.88. The number of hydrogen-bond donors (Lipinski definition) is 0. The van der Waals surface area contributed by atoms with E-state index in [4.69, 9.17) is 0 Å². The minimum absolute atomic E-state index is 0.172. The summed E-state index contributed by atoms with van der Waals surface area (Å²) in [6.07, 6.45) is 0. The van der Waals surface area contributed by atoms with Crippen LogP contribution >= 0.6 is 11.8 Å². The van der Waals surface area contributed by atoms with E-state index in [9.17, 15) is 0 Å². The molecule has 25 heavy (non-hydrogen) atoms. The van der Waals surface area contributed by atoms with Crippen molar-refractivity contribution in [2.45, 2.75) is 37.3 Å². The lowest BCUT2D eigenvalue weighted by Crippen LogP contribution is -2.20. The van der Waals surface area contributed by atoms with Gasteiger partial charge >= 0.3 is 0 Å². The van der Waals surface area contributed by atoms with Crippen molar-refractivity contribution in [1.29, 1.82) is 0 Å². The summed E-state index contributed by atoms with van der Waals surface area (Å²) in [5, 5.41) is 0. The molecule has 1 heterocycles. The first-order valence-electron chi connectivity index (χ1n) is 8.94. The summed E-state index contributed by atoms with van der Waals surface area (Å²) in [6, 6.07) is 26.6. The molecule has 0 aromatic heterocycles. The maximum atomic E-state index is 2.36. The second-order valence-electron chi connectivity index (χ2n) is 7.86. The molecule has 1 heteroatoms. The van der Waals surface area contributed by atoms with Gasteiger partial charge in [0.05, 0.1) is 0 Å². The first-order valence-corrected chi connectivity index (χ1v) is 9.93. The summed E-state index contributed by atoms with van der Waals surface area (Å²) < 4.78 is 0. The molecule has 0 radical (unpaired) electrons. The van der Waals surface area contributed by atoms with Gasteiger partial charge in [0, 0.05) is 16.6 Å². The van der Waals surface area contributed by atoms with Crippen molar-refractivity contribution >= 4 is 11.8 Å². The predicted octanol–water partition coefficient (Wildman–Crippen LogP) is 7.14. The van der Waals surface area contributed by atoms with E-state index in [-0.39, 0.29) is 5.41 Å². The molecule has 0 N–H and O–H groups in total. The second kappa shape index (κ2) is 6.38. The average molecular weight is 345 g/mol. The molecule has 0 bridgehead atoms. The Kier molecular flexibility index (Phi) is 4.21. The standard InChI is InChI=1S/C24H24S/c1-24(2,3)23-19-14-9-13-18(17-10-5-4-6-11-17)21(19)16-25-22-15-8-7-12-20(22)23/h4-15,23H,16H2,1-3H3. The average Bonchev–Trinajstić information content (AvgIpc) is 2.78. The molecular formula is C24H24S. The SMILES string of the molecule is CC(C)(C)C1c2ccccc2SCc2c(-c3ccccc3)cccc21. The summed E-state index contributed by atoms with van der Waals surface area (Å²) in [5.41, 5.74) is 7.33. The van der Waals surface area contributed by atoms with Crippen molar-refractivity contribution in [2.24, 2.45) is 5.41 Å². The van der Waals surface area contributed by atoms with Gasteiger partial charge in [0.15, 0.2) is 0 Å². The first-order chi connectivity index (χ1) is 12.1. The Labute approximate surface area is 155 Å². The van der Waals surface area contributed by atoms with Crippen molar-refractivity contribution in [3.8, 4) is 11.1 Å². The first kappa shape index (κ1) is 16.5. The normalized spacial score (nSPS) is 16.7. The third-order valence-electron chi connectivity index (χ3n) is 5.08. The van der Waals surface area contributed by atoms with E-state index < -0.39 is 0 Å². The molecular weight excluding hydrogens is 320 g/mol. The third-order valence-corrected chi connectivity index (χ3v) is 6.19. The van der Waals surface area contributed by atoms with Crippen molar-refractivity contribution < 1.29 is 0 Å². The Hall–Kier alpha value is -1.99. The Balaban J connectivity index is 1.97. The smallest absolute Gasteiger partial charge is 0.0241 e. The number of benzene rings is 3. The predicted molar refractivity (Wildman–Crippen MR) is 109 cm³/mol. The van der Waals surface area contributed by atoms with Gasteiger partial charge in [0.1, 0.15) is 0 Å². The molecule has 1 unspecified atom stereocenters. The van der Waals surface area contributed by atoms with Crippen molar-refractivity contribution in [3.63, 3.8) is 0 Å². The maximum Gasteiger partial charge on any atom is 0.0241 e. The van der Waals surface area contributed by atoms with Gasteiger partial charge in [-0.05, 0) is 39.3 Å². The summed E-state index contributed by atoms with van der Waals surface area (Å²) >= 11 is 1.98. The van der Waals surface area contributed by atoms with Gasteiger partial charge in [-0.1, -0.05) is 87.5 Å². The summed E-state index contributed by atoms with van der Waals surface area (Å²) in [5.74, 6) is 1.45. The van der Waals surface area contributed by atoms with Crippen LogP contribution in [0, 0.1) is 5.41 Å². The van der Waals surface area contributed by atoms with Gasteiger partial charge in [0.25, 0.3) is 0 Å². The van der Waals surface area contributed by atoms with Gasteiger partial charge in [-0.2, -0.15) is 0 Å². The maximum absolute atomic E-state index is 2.36. The zero-order valence-electron chi connectivity index (χ0n) is 15.1. The molecule has 1 aliphatic heterocycles. The van der Waals surface area contributed by atoms with Gasteiger partial charge in [-0.15, -0.1) is 11.8 Å². The molecule has 0 saturated carbocycles. The number of thioether (sulfide) groups is 1. The Bertz CT molecular complexity index is 887. The fourth-order valence-electron chi connectivity index (χ4n) is 4.03. The van der Waals surface area contributed by atoms with E-state index in [0.717, 1.165) is 5.75 Å². The molecule has 1 atom stereocenters. The van der Waals surface area contributed by atoms with Crippen LogP contribution in [0.2, 0.25) is 0 Å². The van der Waals surface area contributed by atoms with Crippen molar-refractivity contribution in [3.05, 3.63) is 89.5 Å². The van der Waals surface area contributed by atoms with Crippen molar-refractivity contribution in [1.82, 2.24) is 0 Å². The number of fused-ring (bicyclic) bond motifs is 2. The molecule has 0 amide bonds. The number of rotatable bonds is 1. The van der Waals surface area contributed by atoms with E-state index in [1.807, 2.05) is 11.8 Å². The highest BCUT2D eigenvalue weighted by molar-refractivity contribution is 7.98. The fourth-order valence-corrected chi connectivity index (χ4v) is 5.17. The molecule has 1 aliphatic rings. The minimum atomic E-state index is 0.172. The summed E-state index contributed by atoms with van der Waals surface area (Å²) in [6.45, 7) is 7.09. The summed E-state index contributed by atoms with van der Waals surface area (Å²) in [7, 11) is 0. The molecule has 0 aliphatic carbocycles. The van der Waals surface area contributed by atoms with E-state index >= 15 is 0 Å². The highest BCUT2D eigenvalue weighted by atomic mass is 32.2. The largest absolute Gasteiger partial charge is 0.121 e. The van der Waals surface area contributed by atoms with Crippen molar-refractivity contribution in [2.75, 3.05) is 0 Å². The number of hydrogen-bond acceptors (Lipinski definition) is 1. The van der Waals surface area contributed by atoms with E-state index in [2.05, 4.69) is 93.6 Å². The topological polar surface area (TPSA) is 0 Å². The van der Waals surface area contributed by atoms with Crippen LogP contribution in [0.3, 0.4) is 0 Å². The monoisotopic (exact) mass is 344 g/mol. The highest BCUT2D eigenvalue weighted by Crippen LogP contribution is 2.50. The van der Waals surface area contributed by atoms with E-state index in [1.165, 1.54) is 32.7 Å². The zero-order chi connectivity index (χ0) is 17.4. The molecule has 0 nitrogen and oxygen atoms in total. The quantitative estimate of drug-likeness (QED) is 0.452. The van der Waals surface area contributed by atoms with E-state index in [1.54, 1.807) is 0 Å². The molecule has 0 saturated heterocycles. The lowest BCUT2D eigenvalue weighted by Gasteiger charge is -2.33. The van der Waals surface area contributed by atoms with Gasteiger partial charge in [-0.25, -0.2) is 0 Å². The van der Waals surface area contributed by atoms with Crippen LogP contribution in [-0.2, 0) is 5.75 Å². The van der Waals surface area contributed by atoms with Gasteiger partial charge in [0.2, 0.25) is 0 Å². The van der Waals surface area contributed by atoms with E-state index in [0.29, 0.717) is 5.92 Å². The Morgan fingerprint density at radius 2 is 1.44 bits per heavy atom.